The Labute approximate surface area is 119 Å². The number of carbonyl (C=O) groups is 1. The van der Waals surface area contributed by atoms with Gasteiger partial charge in [-0.2, -0.15) is 0 Å². The summed E-state index contributed by atoms with van der Waals surface area (Å²) in [5, 5.41) is 8.98. The van der Waals surface area contributed by atoms with Crippen LogP contribution in [0.4, 0.5) is 0 Å². The summed E-state index contributed by atoms with van der Waals surface area (Å²) in [5.41, 5.74) is 1.11. The quantitative estimate of drug-likeness (QED) is 0.861. The summed E-state index contributed by atoms with van der Waals surface area (Å²) in [6.07, 6.45) is 0. The number of aliphatic carboxylic acids is 1. The zero-order valence-corrected chi connectivity index (χ0v) is 12.1. The third-order valence-corrected chi connectivity index (χ3v) is 3.90. The van der Waals surface area contributed by atoms with Gasteiger partial charge in [0.1, 0.15) is 11.5 Å². The highest BCUT2D eigenvalue weighted by Gasteiger charge is 2.34. The van der Waals surface area contributed by atoms with Gasteiger partial charge in [0.2, 0.25) is 0 Å². The Hall–Kier alpha value is -1.75. The average molecular weight is 279 g/mol. The third kappa shape index (κ3) is 3.22. The maximum absolute atomic E-state index is 10.9. The van der Waals surface area contributed by atoms with E-state index in [1.807, 2.05) is 18.2 Å². The first-order valence-corrected chi connectivity index (χ1v) is 6.70. The predicted molar refractivity (Wildman–Crippen MR) is 75.1 cm³/mol. The summed E-state index contributed by atoms with van der Waals surface area (Å²) in [6, 6.07) is 5.81. The Morgan fingerprint density at radius 2 is 1.85 bits per heavy atom. The molecule has 1 atom stereocenters. The van der Waals surface area contributed by atoms with Gasteiger partial charge in [-0.05, 0) is 23.6 Å². The summed E-state index contributed by atoms with van der Waals surface area (Å²) in [5.74, 6) is 0.814. The fraction of sp³-hybridized carbons (Fsp3) is 0.533. The van der Waals surface area contributed by atoms with E-state index in [0.29, 0.717) is 0 Å². The van der Waals surface area contributed by atoms with Crippen LogP contribution >= 0.6 is 0 Å². The normalized spacial score (nSPS) is 17.4. The molecule has 1 aromatic rings. The molecule has 0 amide bonds. The molecule has 5 nitrogen and oxygen atoms in total. The van der Waals surface area contributed by atoms with Gasteiger partial charge in [0.05, 0.1) is 20.1 Å². The van der Waals surface area contributed by atoms with E-state index in [0.717, 1.165) is 36.7 Å². The average Bonchev–Trinajstić information content (AvgIpc) is 2.41. The molecule has 0 saturated carbocycles. The molecular formula is C15H21NO4. The van der Waals surface area contributed by atoms with Crippen LogP contribution < -0.4 is 9.47 Å². The number of likely N-dealkylation sites (tertiary alicyclic amines) is 1. The van der Waals surface area contributed by atoms with Crippen LogP contribution in [0.15, 0.2) is 18.2 Å². The lowest BCUT2D eigenvalue weighted by Gasteiger charge is -2.41. The highest BCUT2D eigenvalue weighted by Crippen LogP contribution is 2.28. The minimum Gasteiger partial charge on any atom is -0.497 e. The Kier molecular flexibility index (Phi) is 4.49. The van der Waals surface area contributed by atoms with Crippen molar-refractivity contribution in [1.29, 1.82) is 0 Å². The van der Waals surface area contributed by atoms with Gasteiger partial charge in [0, 0.05) is 25.7 Å². The number of carboxylic acid groups (broad SMARTS) is 1. The second kappa shape index (κ2) is 6.13. The largest absolute Gasteiger partial charge is 0.497 e. The molecular weight excluding hydrogens is 258 g/mol. The standard InChI is InChI=1S/C15H21NO4/c1-10(15(17)18)12-8-16(9-12)7-11-4-13(19-2)6-14(5-11)20-3/h4-6,10,12H,7-9H2,1-3H3,(H,17,18). The van der Waals surface area contributed by atoms with Crippen molar-refractivity contribution in [2.45, 2.75) is 13.5 Å². The van der Waals surface area contributed by atoms with E-state index >= 15 is 0 Å². The molecule has 1 heterocycles. The van der Waals surface area contributed by atoms with Gasteiger partial charge in [-0.3, -0.25) is 9.69 Å². The molecule has 0 bridgehead atoms. The Morgan fingerprint density at radius 1 is 1.30 bits per heavy atom. The highest BCUT2D eigenvalue weighted by molar-refractivity contribution is 5.70. The van der Waals surface area contributed by atoms with E-state index in [9.17, 15) is 4.79 Å². The van der Waals surface area contributed by atoms with Crippen molar-refractivity contribution in [3.63, 3.8) is 0 Å². The minimum absolute atomic E-state index is 0.250. The first kappa shape index (κ1) is 14.7. The van der Waals surface area contributed by atoms with Crippen LogP contribution in [-0.4, -0.2) is 43.3 Å². The van der Waals surface area contributed by atoms with Gasteiger partial charge in [-0.1, -0.05) is 6.92 Å². The molecule has 0 radical (unpaired) electrons. The fourth-order valence-corrected chi connectivity index (χ4v) is 2.47. The molecule has 20 heavy (non-hydrogen) atoms. The zero-order chi connectivity index (χ0) is 14.7. The van der Waals surface area contributed by atoms with E-state index in [2.05, 4.69) is 4.90 Å². The number of carboxylic acids is 1. The highest BCUT2D eigenvalue weighted by atomic mass is 16.5. The molecule has 2 rings (SSSR count). The van der Waals surface area contributed by atoms with E-state index in [1.54, 1.807) is 21.1 Å². The van der Waals surface area contributed by atoms with Gasteiger partial charge in [0.15, 0.2) is 0 Å². The number of ether oxygens (including phenoxy) is 2. The van der Waals surface area contributed by atoms with Crippen molar-refractivity contribution in [3.05, 3.63) is 23.8 Å². The second-order valence-corrected chi connectivity index (χ2v) is 5.30. The Morgan fingerprint density at radius 3 is 2.30 bits per heavy atom. The first-order valence-electron chi connectivity index (χ1n) is 6.70. The predicted octanol–water partition coefficient (Wildman–Crippen LogP) is 1.86. The van der Waals surface area contributed by atoms with Crippen molar-refractivity contribution < 1.29 is 19.4 Å². The molecule has 0 aromatic heterocycles. The molecule has 1 N–H and O–H groups in total. The second-order valence-electron chi connectivity index (χ2n) is 5.30. The van der Waals surface area contributed by atoms with Gasteiger partial charge in [-0.25, -0.2) is 0 Å². The third-order valence-electron chi connectivity index (χ3n) is 3.90. The summed E-state index contributed by atoms with van der Waals surface area (Å²) in [6.45, 7) is 4.22. The van der Waals surface area contributed by atoms with Crippen molar-refractivity contribution in [1.82, 2.24) is 4.90 Å². The number of hydrogen-bond donors (Lipinski definition) is 1. The topological polar surface area (TPSA) is 59.0 Å². The SMILES string of the molecule is COc1cc(CN2CC(C(C)C(=O)O)C2)cc(OC)c1. The monoisotopic (exact) mass is 279 g/mol. The number of nitrogens with zero attached hydrogens (tertiary/aromatic N) is 1. The lowest BCUT2D eigenvalue weighted by Crippen LogP contribution is -2.50. The Balaban J connectivity index is 1.94. The molecule has 5 heteroatoms. The van der Waals surface area contributed by atoms with Crippen molar-refractivity contribution in [2.24, 2.45) is 11.8 Å². The lowest BCUT2D eigenvalue weighted by molar-refractivity contribution is -0.145. The van der Waals surface area contributed by atoms with Gasteiger partial charge in [0.25, 0.3) is 0 Å². The van der Waals surface area contributed by atoms with Crippen LogP contribution in [0, 0.1) is 11.8 Å². The lowest BCUT2D eigenvalue weighted by atomic mass is 9.87. The minimum atomic E-state index is -0.710. The maximum Gasteiger partial charge on any atom is 0.306 e. The van der Waals surface area contributed by atoms with Crippen LogP contribution in [0.3, 0.4) is 0 Å². The van der Waals surface area contributed by atoms with E-state index in [1.165, 1.54) is 0 Å². The summed E-state index contributed by atoms with van der Waals surface area (Å²) in [4.78, 5) is 13.1. The molecule has 0 aliphatic carbocycles. The van der Waals surface area contributed by atoms with E-state index in [4.69, 9.17) is 14.6 Å². The van der Waals surface area contributed by atoms with Crippen LogP contribution in [0.25, 0.3) is 0 Å². The molecule has 1 fully saturated rings. The first-order chi connectivity index (χ1) is 9.53. The summed E-state index contributed by atoms with van der Waals surface area (Å²) in [7, 11) is 3.26. The molecule has 1 saturated heterocycles. The van der Waals surface area contributed by atoms with Gasteiger partial charge >= 0.3 is 5.97 Å². The number of benzene rings is 1. The van der Waals surface area contributed by atoms with Gasteiger partial charge in [-0.15, -0.1) is 0 Å². The van der Waals surface area contributed by atoms with E-state index in [-0.39, 0.29) is 11.8 Å². The number of hydrogen-bond acceptors (Lipinski definition) is 4. The summed E-state index contributed by atoms with van der Waals surface area (Å²) >= 11 is 0. The Bertz CT molecular complexity index is 461. The van der Waals surface area contributed by atoms with Crippen molar-refractivity contribution in [3.8, 4) is 11.5 Å². The van der Waals surface area contributed by atoms with Crippen LogP contribution in [0.2, 0.25) is 0 Å². The summed E-state index contributed by atoms with van der Waals surface area (Å²) < 4.78 is 10.5. The van der Waals surface area contributed by atoms with Crippen LogP contribution in [-0.2, 0) is 11.3 Å². The van der Waals surface area contributed by atoms with Crippen LogP contribution in [0.1, 0.15) is 12.5 Å². The smallest absolute Gasteiger partial charge is 0.306 e. The molecule has 1 aliphatic heterocycles. The fourth-order valence-electron chi connectivity index (χ4n) is 2.47. The number of rotatable bonds is 6. The molecule has 110 valence electrons. The molecule has 0 spiro atoms. The number of methoxy groups -OCH3 is 2. The van der Waals surface area contributed by atoms with E-state index < -0.39 is 5.97 Å². The van der Waals surface area contributed by atoms with Crippen molar-refractivity contribution in [2.75, 3.05) is 27.3 Å². The zero-order valence-electron chi connectivity index (χ0n) is 12.1. The van der Waals surface area contributed by atoms with Crippen molar-refractivity contribution >= 4 is 5.97 Å². The molecule has 1 aromatic carbocycles. The van der Waals surface area contributed by atoms with Gasteiger partial charge < -0.3 is 14.6 Å². The molecule has 1 aliphatic rings. The molecule has 1 unspecified atom stereocenters. The maximum atomic E-state index is 10.9. The van der Waals surface area contributed by atoms with Crippen LogP contribution in [0.5, 0.6) is 11.5 Å².